The van der Waals surface area contributed by atoms with E-state index in [9.17, 15) is 13.0 Å². The van der Waals surface area contributed by atoms with E-state index in [4.69, 9.17) is 5.73 Å². The fourth-order valence-electron chi connectivity index (χ4n) is 3.12. The number of hydrogen-bond acceptors (Lipinski definition) is 5. The van der Waals surface area contributed by atoms with Crippen LogP contribution in [0.1, 0.15) is 25.3 Å². The third kappa shape index (κ3) is 2.50. The Morgan fingerprint density at radius 2 is 1.83 bits per heavy atom. The molecule has 6 nitrogen and oxygen atoms in total. The highest BCUT2D eigenvalue weighted by Gasteiger charge is 2.54. The molecule has 7 heteroatoms. The number of nitrogens with two attached hydrogens (primary N) is 1. The molecule has 0 aromatic heterocycles. The Morgan fingerprint density at radius 1 is 1.17 bits per heavy atom. The standard InChI is InChI=1S/C17H21N3O3S/c1-2-3-12-20-16-7-5-4-6-15(16)19-17(20,24(21,22)23)13-8-10-14(18)11-9-13/h4-11,19H,2-3,12,18H2,1H3,(H,21,22,23). The molecule has 0 aliphatic carbocycles. The molecular weight excluding hydrogens is 326 g/mol. The van der Waals surface area contributed by atoms with Gasteiger partial charge in [-0.3, -0.25) is 4.55 Å². The molecule has 4 N–H and O–H groups in total. The highest BCUT2D eigenvalue weighted by molar-refractivity contribution is 7.87. The van der Waals surface area contributed by atoms with Gasteiger partial charge in [-0.2, -0.15) is 8.42 Å². The summed E-state index contributed by atoms with van der Waals surface area (Å²) in [7, 11) is -4.50. The van der Waals surface area contributed by atoms with Crippen molar-refractivity contribution in [3.8, 4) is 0 Å². The Labute approximate surface area is 142 Å². The van der Waals surface area contributed by atoms with Gasteiger partial charge in [0.25, 0.3) is 4.99 Å². The summed E-state index contributed by atoms with van der Waals surface area (Å²) in [5.74, 6) is 0. The van der Waals surface area contributed by atoms with E-state index < -0.39 is 15.1 Å². The van der Waals surface area contributed by atoms with Gasteiger partial charge in [-0.05, 0) is 30.7 Å². The number of nitrogen functional groups attached to an aromatic ring is 1. The zero-order valence-corrected chi connectivity index (χ0v) is 14.3. The monoisotopic (exact) mass is 347 g/mol. The Bertz CT molecular complexity index is 836. The number of para-hydroxylation sites is 2. The molecule has 0 radical (unpaired) electrons. The van der Waals surface area contributed by atoms with Crippen LogP contribution in [0.25, 0.3) is 0 Å². The second kappa shape index (κ2) is 5.99. The largest absolute Gasteiger partial charge is 0.399 e. The lowest BCUT2D eigenvalue weighted by molar-refractivity contribution is 0.434. The molecule has 1 atom stereocenters. The molecule has 24 heavy (non-hydrogen) atoms. The van der Waals surface area contributed by atoms with E-state index in [1.54, 1.807) is 35.2 Å². The molecule has 0 bridgehead atoms. The van der Waals surface area contributed by atoms with E-state index in [0.29, 0.717) is 23.5 Å². The van der Waals surface area contributed by atoms with Gasteiger partial charge in [-0.1, -0.05) is 37.6 Å². The normalized spacial score (nSPS) is 19.8. The number of nitrogens with zero attached hydrogens (tertiary/aromatic N) is 1. The van der Waals surface area contributed by atoms with Gasteiger partial charge in [0.05, 0.1) is 11.4 Å². The van der Waals surface area contributed by atoms with Crippen molar-refractivity contribution in [2.24, 2.45) is 0 Å². The van der Waals surface area contributed by atoms with Crippen molar-refractivity contribution in [1.29, 1.82) is 0 Å². The van der Waals surface area contributed by atoms with E-state index in [1.165, 1.54) is 0 Å². The maximum Gasteiger partial charge on any atom is 0.313 e. The number of unbranched alkanes of at least 4 members (excludes halogenated alkanes) is 1. The van der Waals surface area contributed by atoms with E-state index in [-0.39, 0.29) is 0 Å². The van der Waals surface area contributed by atoms with Crippen LogP contribution in [0.2, 0.25) is 0 Å². The van der Waals surface area contributed by atoms with Gasteiger partial charge < -0.3 is 16.0 Å². The molecule has 0 fully saturated rings. The first-order valence-electron chi connectivity index (χ1n) is 7.88. The Hall–Kier alpha value is -2.25. The first kappa shape index (κ1) is 16.6. The van der Waals surface area contributed by atoms with Gasteiger partial charge in [-0.15, -0.1) is 0 Å². The predicted octanol–water partition coefficient (Wildman–Crippen LogP) is 3.00. The van der Waals surface area contributed by atoms with Crippen molar-refractivity contribution >= 4 is 27.2 Å². The topological polar surface area (TPSA) is 95.7 Å². The third-order valence-electron chi connectivity index (χ3n) is 4.29. The molecule has 1 aliphatic heterocycles. The fraction of sp³-hybridized carbons (Fsp3) is 0.294. The van der Waals surface area contributed by atoms with E-state index in [1.807, 2.05) is 25.1 Å². The van der Waals surface area contributed by atoms with Crippen LogP contribution in [0.3, 0.4) is 0 Å². The molecular formula is C17H21N3O3S. The smallest absolute Gasteiger partial charge is 0.313 e. The minimum absolute atomic E-state index is 0.423. The Morgan fingerprint density at radius 3 is 2.46 bits per heavy atom. The summed E-state index contributed by atoms with van der Waals surface area (Å²) in [6, 6.07) is 13.8. The van der Waals surface area contributed by atoms with Crippen molar-refractivity contribution in [2.75, 3.05) is 22.5 Å². The number of fused-ring (bicyclic) bond motifs is 1. The van der Waals surface area contributed by atoms with Crippen LogP contribution in [0.15, 0.2) is 48.5 Å². The average molecular weight is 347 g/mol. The first-order chi connectivity index (χ1) is 11.4. The fourth-order valence-corrected chi connectivity index (χ4v) is 4.26. The summed E-state index contributed by atoms with van der Waals surface area (Å²) in [6.07, 6.45) is 1.70. The van der Waals surface area contributed by atoms with Crippen LogP contribution in [0.4, 0.5) is 17.1 Å². The van der Waals surface area contributed by atoms with Crippen LogP contribution in [0, 0.1) is 0 Å². The molecule has 1 heterocycles. The van der Waals surface area contributed by atoms with Crippen molar-refractivity contribution < 1.29 is 13.0 Å². The third-order valence-corrected chi connectivity index (χ3v) is 5.59. The van der Waals surface area contributed by atoms with Crippen molar-refractivity contribution in [2.45, 2.75) is 24.8 Å². The van der Waals surface area contributed by atoms with Crippen molar-refractivity contribution in [1.82, 2.24) is 0 Å². The van der Waals surface area contributed by atoms with Crippen LogP contribution in [-0.2, 0) is 15.1 Å². The maximum atomic E-state index is 12.5. The first-order valence-corrected chi connectivity index (χ1v) is 9.32. The van der Waals surface area contributed by atoms with Crippen LogP contribution < -0.4 is 16.0 Å². The molecule has 2 aromatic rings. The lowest BCUT2D eigenvalue weighted by atomic mass is 10.1. The summed E-state index contributed by atoms with van der Waals surface area (Å²) >= 11 is 0. The van der Waals surface area contributed by atoms with E-state index in [2.05, 4.69) is 5.32 Å². The minimum atomic E-state index is -4.50. The minimum Gasteiger partial charge on any atom is -0.399 e. The molecule has 3 rings (SSSR count). The molecule has 0 spiro atoms. The second-order valence-corrected chi connectivity index (χ2v) is 7.43. The summed E-state index contributed by atoms with van der Waals surface area (Å²) in [6.45, 7) is 2.53. The number of hydrogen-bond donors (Lipinski definition) is 3. The molecule has 2 aromatic carbocycles. The van der Waals surface area contributed by atoms with Gasteiger partial charge in [0, 0.05) is 17.8 Å². The summed E-state index contributed by atoms with van der Waals surface area (Å²) in [4.78, 5) is -0.0355. The quantitative estimate of drug-likeness (QED) is 0.568. The second-order valence-electron chi connectivity index (χ2n) is 5.89. The summed E-state index contributed by atoms with van der Waals surface area (Å²) in [5.41, 5.74) is 8.10. The van der Waals surface area contributed by atoms with Crippen LogP contribution >= 0.6 is 0 Å². The SMILES string of the molecule is CCCCN1c2ccccc2NC1(c1ccc(N)cc1)S(=O)(=O)O. The lowest BCUT2D eigenvalue weighted by Gasteiger charge is -2.37. The predicted molar refractivity (Wildman–Crippen MR) is 96.4 cm³/mol. The van der Waals surface area contributed by atoms with E-state index in [0.717, 1.165) is 18.5 Å². The van der Waals surface area contributed by atoms with Crippen molar-refractivity contribution in [3.05, 3.63) is 54.1 Å². The molecule has 0 amide bonds. The zero-order valence-electron chi connectivity index (χ0n) is 13.4. The number of anilines is 3. The van der Waals surface area contributed by atoms with Gasteiger partial charge in [0.2, 0.25) is 0 Å². The molecule has 1 unspecified atom stereocenters. The van der Waals surface area contributed by atoms with Gasteiger partial charge in [0.15, 0.2) is 0 Å². The summed E-state index contributed by atoms with van der Waals surface area (Å²) < 4.78 is 35.2. The summed E-state index contributed by atoms with van der Waals surface area (Å²) in [5, 5.41) is 3.03. The van der Waals surface area contributed by atoms with Crippen molar-refractivity contribution in [3.63, 3.8) is 0 Å². The molecule has 0 saturated carbocycles. The molecule has 128 valence electrons. The Balaban J connectivity index is 2.23. The number of rotatable bonds is 5. The molecule has 0 saturated heterocycles. The molecule has 1 aliphatic rings. The van der Waals surface area contributed by atoms with Crippen LogP contribution in [0.5, 0.6) is 0 Å². The average Bonchev–Trinajstić information content (AvgIpc) is 2.89. The van der Waals surface area contributed by atoms with Crippen LogP contribution in [-0.4, -0.2) is 19.5 Å². The maximum absolute atomic E-state index is 12.5. The highest BCUT2D eigenvalue weighted by Crippen LogP contribution is 2.47. The zero-order chi connectivity index (χ0) is 17.4. The van der Waals surface area contributed by atoms with Gasteiger partial charge >= 0.3 is 10.1 Å². The number of benzene rings is 2. The lowest BCUT2D eigenvalue weighted by Crippen LogP contribution is -2.54. The highest BCUT2D eigenvalue weighted by atomic mass is 32.2. The van der Waals surface area contributed by atoms with Gasteiger partial charge in [-0.25, -0.2) is 0 Å². The van der Waals surface area contributed by atoms with E-state index >= 15 is 0 Å². The number of nitrogens with one attached hydrogen (secondary N) is 1. The van der Waals surface area contributed by atoms with Gasteiger partial charge in [0.1, 0.15) is 0 Å². The Kier molecular flexibility index (Phi) is 4.15.